The molecule has 0 amide bonds. The van der Waals surface area contributed by atoms with Gasteiger partial charge in [-0.3, -0.25) is 4.90 Å². The Bertz CT molecular complexity index is 229. The van der Waals surface area contributed by atoms with Gasteiger partial charge in [-0.15, -0.1) is 0 Å². The van der Waals surface area contributed by atoms with Crippen LogP contribution in [-0.4, -0.2) is 50.3 Å². The zero-order valence-electron chi connectivity index (χ0n) is 12.2. The van der Waals surface area contributed by atoms with Gasteiger partial charge in [-0.25, -0.2) is 0 Å². The molecule has 2 aliphatic carbocycles. The molecule has 2 fully saturated rings. The van der Waals surface area contributed by atoms with Gasteiger partial charge >= 0.3 is 0 Å². The Kier molecular flexibility index (Phi) is 5.93. The van der Waals surface area contributed by atoms with Gasteiger partial charge in [0.25, 0.3) is 0 Å². The second-order valence-corrected chi connectivity index (χ2v) is 5.90. The first-order valence-corrected chi connectivity index (χ1v) is 7.81. The molecule has 0 aromatic rings. The average molecular weight is 254 g/mol. The van der Waals surface area contributed by atoms with Crippen LogP contribution in [0.3, 0.4) is 0 Å². The monoisotopic (exact) mass is 254 g/mol. The van der Waals surface area contributed by atoms with Crippen LogP contribution in [0.25, 0.3) is 0 Å². The predicted octanol–water partition coefficient (Wildman–Crippen LogP) is 2.27. The van der Waals surface area contributed by atoms with Crippen LogP contribution in [0.1, 0.15) is 45.4 Å². The van der Waals surface area contributed by atoms with Crippen LogP contribution in [0.15, 0.2) is 0 Å². The Hall–Kier alpha value is -0.120. The van der Waals surface area contributed by atoms with Crippen molar-refractivity contribution in [3.63, 3.8) is 0 Å². The first-order valence-electron chi connectivity index (χ1n) is 7.81. The number of rotatable bonds is 9. The van der Waals surface area contributed by atoms with E-state index in [0.29, 0.717) is 0 Å². The van der Waals surface area contributed by atoms with E-state index in [1.165, 1.54) is 45.1 Å². The summed E-state index contributed by atoms with van der Waals surface area (Å²) in [6.45, 7) is 6.64. The lowest BCUT2D eigenvalue weighted by atomic mass is 9.99. The lowest BCUT2D eigenvalue weighted by molar-refractivity contribution is 0.137. The first kappa shape index (κ1) is 14.3. The van der Waals surface area contributed by atoms with Gasteiger partial charge in [0.1, 0.15) is 0 Å². The molecule has 3 heteroatoms. The van der Waals surface area contributed by atoms with Gasteiger partial charge in [0, 0.05) is 25.7 Å². The van der Waals surface area contributed by atoms with E-state index in [1.54, 1.807) is 0 Å². The summed E-state index contributed by atoms with van der Waals surface area (Å²) in [5.41, 5.74) is 0. The van der Waals surface area contributed by atoms with Gasteiger partial charge in [0.15, 0.2) is 0 Å². The van der Waals surface area contributed by atoms with E-state index in [-0.39, 0.29) is 0 Å². The second kappa shape index (κ2) is 7.46. The number of hydrogen-bond acceptors (Lipinski definition) is 3. The minimum absolute atomic E-state index is 0.790. The second-order valence-electron chi connectivity index (χ2n) is 5.90. The Morgan fingerprint density at radius 3 is 2.67 bits per heavy atom. The molecule has 106 valence electrons. The molecule has 1 N–H and O–H groups in total. The Morgan fingerprint density at radius 2 is 2.00 bits per heavy atom. The van der Waals surface area contributed by atoms with E-state index >= 15 is 0 Å². The van der Waals surface area contributed by atoms with Gasteiger partial charge < -0.3 is 10.1 Å². The smallest absolute Gasteiger partial charge is 0.0589 e. The third-order valence-electron chi connectivity index (χ3n) is 4.56. The van der Waals surface area contributed by atoms with Gasteiger partial charge in [-0.1, -0.05) is 13.3 Å². The Balaban J connectivity index is 1.70. The molecular formula is C15H30N2O. The largest absolute Gasteiger partial charge is 0.383 e. The molecule has 0 aliphatic heterocycles. The summed E-state index contributed by atoms with van der Waals surface area (Å²) in [6, 6.07) is 1.66. The highest BCUT2D eigenvalue weighted by molar-refractivity contribution is 4.87. The fraction of sp³-hybridized carbons (Fsp3) is 1.00. The Morgan fingerprint density at radius 1 is 1.17 bits per heavy atom. The molecule has 0 aromatic heterocycles. The van der Waals surface area contributed by atoms with E-state index in [0.717, 1.165) is 37.7 Å². The fourth-order valence-electron chi connectivity index (χ4n) is 3.37. The van der Waals surface area contributed by atoms with Gasteiger partial charge in [0.2, 0.25) is 0 Å². The zero-order valence-corrected chi connectivity index (χ0v) is 12.2. The van der Waals surface area contributed by atoms with Crippen LogP contribution in [-0.2, 0) is 4.74 Å². The maximum Gasteiger partial charge on any atom is 0.0589 e. The molecule has 2 rings (SSSR count). The molecule has 0 heterocycles. The number of hydrogen-bond donors (Lipinski definition) is 1. The number of methoxy groups -OCH3 is 1. The summed E-state index contributed by atoms with van der Waals surface area (Å²) in [5, 5.41) is 3.66. The molecule has 0 bridgehead atoms. The molecule has 2 atom stereocenters. The summed E-state index contributed by atoms with van der Waals surface area (Å²) >= 11 is 0. The molecule has 2 unspecified atom stereocenters. The fourth-order valence-corrected chi connectivity index (χ4v) is 3.37. The first-order chi connectivity index (χ1) is 8.85. The van der Waals surface area contributed by atoms with Crippen molar-refractivity contribution in [1.82, 2.24) is 10.2 Å². The summed E-state index contributed by atoms with van der Waals surface area (Å²) in [5.74, 6) is 0.911. The topological polar surface area (TPSA) is 24.5 Å². The van der Waals surface area contributed by atoms with Crippen LogP contribution in [0, 0.1) is 5.92 Å². The molecule has 3 nitrogen and oxygen atoms in total. The summed E-state index contributed by atoms with van der Waals surface area (Å²) in [6.07, 6.45) is 8.43. The normalized spacial score (nSPS) is 28.2. The highest BCUT2D eigenvalue weighted by atomic mass is 16.5. The highest BCUT2D eigenvalue weighted by Crippen LogP contribution is 2.31. The minimum Gasteiger partial charge on any atom is -0.383 e. The van der Waals surface area contributed by atoms with Crippen molar-refractivity contribution in [2.24, 2.45) is 5.92 Å². The molecule has 0 spiro atoms. The Labute approximate surface area is 112 Å². The van der Waals surface area contributed by atoms with Crippen LogP contribution < -0.4 is 5.32 Å². The third-order valence-corrected chi connectivity index (χ3v) is 4.56. The van der Waals surface area contributed by atoms with Gasteiger partial charge in [-0.2, -0.15) is 0 Å². The van der Waals surface area contributed by atoms with Crippen LogP contribution >= 0.6 is 0 Å². The van der Waals surface area contributed by atoms with Crippen LogP contribution in [0.2, 0.25) is 0 Å². The third kappa shape index (κ3) is 4.22. The maximum absolute atomic E-state index is 5.23. The minimum atomic E-state index is 0.790. The van der Waals surface area contributed by atoms with Crippen LogP contribution in [0.4, 0.5) is 0 Å². The van der Waals surface area contributed by atoms with E-state index in [2.05, 4.69) is 17.1 Å². The quantitative estimate of drug-likeness (QED) is 0.683. The molecular weight excluding hydrogens is 224 g/mol. The van der Waals surface area contributed by atoms with E-state index in [4.69, 9.17) is 4.74 Å². The molecule has 2 saturated carbocycles. The molecule has 0 aromatic carbocycles. The van der Waals surface area contributed by atoms with Crippen LogP contribution in [0.5, 0.6) is 0 Å². The lowest BCUT2D eigenvalue weighted by Crippen LogP contribution is -2.36. The maximum atomic E-state index is 5.23. The number of nitrogens with zero attached hydrogens (tertiary/aromatic N) is 1. The summed E-state index contributed by atoms with van der Waals surface area (Å²) in [7, 11) is 1.81. The molecule has 18 heavy (non-hydrogen) atoms. The van der Waals surface area contributed by atoms with E-state index < -0.39 is 0 Å². The van der Waals surface area contributed by atoms with Crippen molar-refractivity contribution >= 4 is 0 Å². The number of ether oxygens (including phenoxy) is 1. The molecule has 0 saturated heterocycles. The van der Waals surface area contributed by atoms with Crippen molar-refractivity contribution < 1.29 is 4.74 Å². The predicted molar refractivity (Wildman–Crippen MR) is 75.9 cm³/mol. The highest BCUT2D eigenvalue weighted by Gasteiger charge is 2.31. The SMILES string of the molecule is CCNC1CCCC1CCN(CCOC)C1CC1. The molecule has 2 aliphatic rings. The van der Waals surface area contributed by atoms with E-state index in [1.807, 2.05) is 7.11 Å². The van der Waals surface area contributed by atoms with Gasteiger partial charge in [0.05, 0.1) is 6.61 Å². The van der Waals surface area contributed by atoms with E-state index in [9.17, 15) is 0 Å². The van der Waals surface area contributed by atoms with Crippen molar-refractivity contribution in [2.45, 2.75) is 57.5 Å². The van der Waals surface area contributed by atoms with Crippen molar-refractivity contribution in [2.75, 3.05) is 33.4 Å². The van der Waals surface area contributed by atoms with Crippen molar-refractivity contribution in [3.05, 3.63) is 0 Å². The summed E-state index contributed by atoms with van der Waals surface area (Å²) in [4.78, 5) is 2.66. The molecule has 0 radical (unpaired) electrons. The lowest BCUT2D eigenvalue weighted by Gasteiger charge is -2.26. The number of nitrogens with one attached hydrogen (secondary N) is 1. The average Bonchev–Trinajstić information content (AvgIpc) is 3.12. The zero-order chi connectivity index (χ0) is 12.8. The van der Waals surface area contributed by atoms with Gasteiger partial charge in [-0.05, 0) is 51.1 Å². The van der Waals surface area contributed by atoms with Crippen molar-refractivity contribution in [1.29, 1.82) is 0 Å². The van der Waals surface area contributed by atoms with Crippen molar-refractivity contribution in [3.8, 4) is 0 Å². The standard InChI is InChI=1S/C15H30N2O/c1-3-16-15-6-4-5-13(15)9-10-17(11-12-18-2)14-7-8-14/h13-16H,3-12H2,1-2H3. The summed E-state index contributed by atoms with van der Waals surface area (Å²) < 4.78 is 5.23.